The van der Waals surface area contributed by atoms with Crippen molar-refractivity contribution in [2.45, 2.75) is 44.1 Å². The van der Waals surface area contributed by atoms with E-state index in [1.54, 1.807) is 6.07 Å². The molecule has 1 heterocycles. The SMILES string of the molecule is C[C@H](N(Cc1ccc(F)cc1)C(=O)CN1C(=O)O[C@@]2(CCc3cc(NC(=O)Nc4ccc(NC(=O)O)cc4)ccc32)C1=O)C(F)(F)F. The smallest absolute Gasteiger partial charge is 0.418 e. The van der Waals surface area contributed by atoms with E-state index in [-0.39, 0.29) is 18.4 Å². The quantitative estimate of drug-likeness (QED) is 0.228. The van der Waals surface area contributed by atoms with Crippen LogP contribution in [0.3, 0.4) is 0 Å². The summed E-state index contributed by atoms with van der Waals surface area (Å²) in [7, 11) is 0. The van der Waals surface area contributed by atoms with Crippen LogP contribution in [0.2, 0.25) is 0 Å². The van der Waals surface area contributed by atoms with Gasteiger partial charge >= 0.3 is 24.4 Å². The molecular weight excluding hydrogens is 630 g/mol. The summed E-state index contributed by atoms with van der Waals surface area (Å²) in [6, 6.07) is 12.0. The van der Waals surface area contributed by atoms with E-state index in [0.717, 1.165) is 19.1 Å². The Hall–Kier alpha value is -5.67. The maximum atomic E-state index is 13.7. The molecule has 16 heteroatoms. The zero-order valence-corrected chi connectivity index (χ0v) is 24.6. The van der Waals surface area contributed by atoms with Gasteiger partial charge < -0.3 is 25.4 Å². The Morgan fingerprint density at radius 3 is 2.17 bits per heavy atom. The molecule has 5 rings (SSSR count). The van der Waals surface area contributed by atoms with Crippen molar-refractivity contribution >= 4 is 47.1 Å². The first-order valence-electron chi connectivity index (χ1n) is 14.1. The number of alkyl halides is 3. The highest BCUT2D eigenvalue weighted by Gasteiger charge is 2.58. The molecule has 3 aromatic rings. The number of carbonyl (C=O) groups excluding carboxylic acids is 4. The van der Waals surface area contributed by atoms with Gasteiger partial charge in [0.05, 0.1) is 0 Å². The predicted molar refractivity (Wildman–Crippen MR) is 158 cm³/mol. The van der Waals surface area contributed by atoms with Gasteiger partial charge in [-0.25, -0.2) is 23.7 Å². The number of carbonyl (C=O) groups is 5. The number of nitrogens with zero attached hydrogens (tertiary/aromatic N) is 2. The summed E-state index contributed by atoms with van der Waals surface area (Å²) in [6.07, 6.45) is -7.01. The summed E-state index contributed by atoms with van der Waals surface area (Å²) in [6.45, 7) is -0.799. The summed E-state index contributed by atoms with van der Waals surface area (Å²) >= 11 is 0. The fourth-order valence-corrected chi connectivity index (χ4v) is 5.42. The summed E-state index contributed by atoms with van der Waals surface area (Å²) < 4.78 is 59.9. The number of hydrogen-bond donors (Lipinski definition) is 4. The zero-order valence-electron chi connectivity index (χ0n) is 24.6. The number of rotatable bonds is 8. The third-order valence-electron chi connectivity index (χ3n) is 7.83. The largest absolute Gasteiger partial charge is 0.465 e. The molecule has 6 amide bonds. The van der Waals surface area contributed by atoms with Crippen molar-refractivity contribution in [2.24, 2.45) is 0 Å². The van der Waals surface area contributed by atoms with Gasteiger partial charge in [0.25, 0.3) is 5.91 Å². The fraction of sp³-hybridized carbons (Fsp3) is 0.258. The minimum atomic E-state index is -4.83. The Balaban J connectivity index is 1.28. The molecule has 1 spiro atoms. The van der Waals surface area contributed by atoms with Crippen LogP contribution < -0.4 is 16.0 Å². The molecule has 0 unspecified atom stereocenters. The number of urea groups is 1. The third kappa shape index (κ3) is 6.95. The predicted octanol–water partition coefficient (Wildman–Crippen LogP) is 5.66. The minimum absolute atomic E-state index is 0.00220. The minimum Gasteiger partial charge on any atom is -0.465 e. The van der Waals surface area contributed by atoms with Crippen molar-refractivity contribution in [1.82, 2.24) is 9.80 Å². The highest BCUT2D eigenvalue weighted by atomic mass is 19.4. The first kappa shape index (κ1) is 32.7. The van der Waals surface area contributed by atoms with Crippen molar-refractivity contribution in [3.05, 3.63) is 89.2 Å². The van der Waals surface area contributed by atoms with Gasteiger partial charge in [0.2, 0.25) is 11.5 Å². The monoisotopic (exact) mass is 657 g/mol. The summed E-state index contributed by atoms with van der Waals surface area (Å²) in [5.74, 6) is -2.69. The number of anilines is 3. The van der Waals surface area contributed by atoms with Crippen LogP contribution >= 0.6 is 0 Å². The van der Waals surface area contributed by atoms with E-state index in [1.807, 2.05) is 0 Å². The lowest BCUT2D eigenvalue weighted by atomic mass is 9.94. The normalized spacial score (nSPS) is 17.6. The van der Waals surface area contributed by atoms with Gasteiger partial charge in [-0.3, -0.25) is 14.9 Å². The van der Waals surface area contributed by atoms with E-state index in [9.17, 15) is 41.5 Å². The van der Waals surface area contributed by atoms with Crippen LogP contribution in [0.4, 0.5) is 49.0 Å². The number of halogens is 4. The lowest BCUT2D eigenvalue weighted by Crippen LogP contribution is -2.51. The maximum Gasteiger partial charge on any atom is 0.418 e. The van der Waals surface area contributed by atoms with E-state index < -0.39 is 66.8 Å². The zero-order chi connectivity index (χ0) is 34.1. The first-order valence-corrected chi connectivity index (χ1v) is 14.1. The van der Waals surface area contributed by atoms with Crippen LogP contribution in [-0.4, -0.2) is 63.7 Å². The molecule has 1 saturated heterocycles. The fourth-order valence-electron chi connectivity index (χ4n) is 5.42. The number of nitrogens with one attached hydrogen (secondary N) is 3. The van der Waals surface area contributed by atoms with Gasteiger partial charge in [0, 0.05) is 35.6 Å². The van der Waals surface area contributed by atoms with Crippen LogP contribution in [0.15, 0.2) is 66.7 Å². The number of ether oxygens (including phenoxy) is 1. The average molecular weight is 658 g/mol. The van der Waals surface area contributed by atoms with Gasteiger partial charge in [0.15, 0.2) is 0 Å². The Kier molecular flexibility index (Phi) is 8.78. The van der Waals surface area contributed by atoms with Gasteiger partial charge in [-0.15, -0.1) is 0 Å². The molecule has 12 nitrogen and oxygen atoms in total. The summed E-state index contributed by atoms with van der Waals surface area (Å²) in [5.41, 5.74) is 0.295. The first-order chi connectivity index (χ1) is 22.2. The Morgan fingerprint density at radius 1 is 0.957 bits per heavy atom. The van der Waals surface area contributed by atoms with Crippen molar-refractivity contribution in [1.29, 1.82) is 0 Å². The van der Waals surface area contributed by atoms with Crippen molar-refractivity contribution in [2.75, 3.05) is 22.5 Å². The van der Waals surface area contributed by atoms with E-state index in [1.165, 1.54) is 48.5 Å². The van der Waals surface area contributed by atoms with Crippen molar-refractivity contribution < 1.29 is 51.4 Å². The lowest BCUT2D eigenvalue weighted by molar-refractivity contribution is -0.187. The molecule has 2 atom stereocenters. The molecule has 1 aliphatic heterocycles. The van der Waals surface area contributed by atoms with Gasteiger partial charge in [0.1, 0.15) is 18.4 Å². The number of carboxylic acid groups (broad SMARTS) is 1. The van der Waals surface area contributed by atoms with Crippen LogP contribution in [0.5, 0.6) is 0 Å². The molecule has 1 aliphatic carbocycles. The third-order valence-corrected chi connectivity index (χ3v) is 7.83. The van der Waals surface area contributed by atoms with Gasteiger partial charge in [-0.2, -0.15) is 13.2 Å². The summed E-state index contributed by atoms with van der Waals surface area (Å²) in [4.78, 5) is 63.9. The molecule has 3 aromatic carbocycles. The van der Waals surface area contributed by atoms with Crippen molar-refractivity contribution in [3.8, 4) is 0 Å². The number of benzene rings is 3. The number of amides is 6. The van der Waals surface area contributed by atoms with Gasteiger partial charge in [-0.1, -0.05) is 18.2 Å². The Labute approximate surface area is 264 Å². The Morgan fingerprint density at radius 2 is 1.55 bits per heavy atom. The van der Waals surface area contributed by atoms with Crippen LogP contribution in [0.1, 0.15) is 30.0 Å². The standard InChI is InChI=1S/C31H27F4N5O7/c1-17(31(33,34)35)39(15-18-2-4-20(32)5-3-18)25(41)16-40-26(42)30(47-29(40)46)13-12-19-14-23(10-11-24(19)30)37-27(43)36-21-6-8-22(9-7-21)38-28(44)45/h2-11,14,17,38H,12-13,15-16H2,1H3,(H,44,45)(H2,36,37,43)/t17-,30+/m0/s1. The molecule has 0 radical (unpaired) electrons. The highest BCUT2D eigenvalue weighted by Crippen LogP contribution is 2.46. The number of aryl methyl sites for hydroxylation is 1. The second-order valence-corrected chi connectivity index (χ2v) is 10.9. The van der Waals surface area contributed by atoms with E-state index >= 15 is 0 Å². The highest BCUT2D eigenvalue weighted by molar-refractivity contribution is 6.06. The van der Waals surface area contributed by atoms with E-state index in [2.05, 4.69) is 16.0 Å². The molecule has 0 bridgehead atoms. The molecule has 2 aliphatic rings. The van der Waals surface area contributed by atoms with Crippen LogP contribution in [-0.2, 0) is 32.9 Å². The number of hydrogen-bond acceptors (Lipinski definition) is 6. The Bertz CT molecular complexity index is 1730. The second kappa shape index (κ2) is 12.6. The number of imide groups is 1. The molecular formula is C31H27F4N5O7. The molecule has 1 fully saturated rings. The lowest BCUT2D eigenvalue weighted by Gasteiger charge is -2.31. The van der Waals surface area contributed by atoms with E-state index in [4.69, 9.17) is 9.84 Å². The molecule has 0 aromatic heterocycles. The average Bonchev–Trinajstić information content (AvgIpc) is 3.48. The van der Waals surface area contributed by atoms with Crippen molar-refractivity contribution in [3.63, 3.8) is 0 Å². The van der Waals surface area contributed by atoms with Crippen LogP contribution in [0.25, 0.3) is 0 Å². The molecule has 4 N–H and O–H groups in total. The number of fused-ring (bicyclic) bond motifs is 2. The van der Waals surface area contributed by atoms with Gasteiger partial charge in [-0.05, 0) is 73.0 Å². The summed E-state index contributed by atoms with van der Waals surface area (Å²) in [5, 5.41) is 16.2. The van der Waals surface area contributed by atoms with E-state index in [0.29, 0.717) is 38.0 Å². The molecule has 47 heavy (non-hydrogen) atoms. The molecule has 0 saturated carbocycles. The van der Waals surface area contributed by atoms with Crippen LogP contribution in [0, 0.1) is 5.82 Å². The molecule has 246 valence electrons. The second-order valence-electron chi connectivity index (χ2n) is 10.9. The topological polar surface area (TPSA) is 157 Å². The maximum absolute atomic E-state index is 13.7.